The third kappa shape index (κ3) is 11.8. The Labute approximate surface area is 264 Å². The van der Waals surface area contributed by atoms with Crippen LogP contribution in [0.2, 0.25) is 0 Å². The fraction of sp³-hybridized carbons (Fsp3) is 0.829. The number of ether oxygens (including phenoxy) is 5. The maximum absolute atomic E-state index is 12.1. The van der Waals surface area contributed by atoms with Crippen LogP contribution in [0.25, 0.3) is 0 Å². The zero-order valence-corrected chi connectivity index (χ0v) is 27.3. The lowest BCUT2D eigenvalue weighted by Gasteiger charge is -2.31. The van der Waals surface area contributed by atoms with Gasteiger partial charge in [-0.2, -0.15) is 0 Å². The molecule has 0 aliphatic heterocycles. The Balaban J connectivity index is 0.959. The first kappa shape index (κ1) is 34.4. The standard InChI is InChI=1S/C35H54N2O7/c1-34(2,23-40-19-17-36-32(38)42-21-30-26-13-9-5-6-10-14-27(26)30)24-44-35(3,4)25-41-20-18-37-33(39)43-22-31-28-15-11-7-8-12-16-29(28)31/h26-31H,9-25H2,1-4H3,(H,36,38)(H,37,39)/t26-,27+,28-,29+,30?,31?. The van der Waals surface area contributed by atoms with E-state index in [1.807, 2.05) is 13.8 Å². The van der Waals surface area contributed by atoms with Crippen molar-refractivity contribution in [2.24, 2.45) is 40.9 Å². The average Bonchev–Trinajstić information content (AvgIpc) is 3.81. The molecule has 0 aromatic carbocycles. The molecule has 4 aliphatic rings. The summed E-state index contributed by atoms with van der Waals surface area (Å²) in [7, 11) is 0. The van der Waals surface area contributed by atoms with Gasteiger partial charge in [0.05, 0.1) is 51.8 Å². The highest BCUT2D eigenvalue weighted by Gasteiger charge is 2.50. The van der Waals surface area contributed by atoms with E-state index in [0.29, 0.717) is 94.8 Å². The molecule has 9 heteroatoms. The van der Waals surface area contributed by atoms with E-state index >= 15 is 0 Å². The number of carbonyl (C=O) groups excluding carboxylic acids is 2. The minimum Gasteiger partial charge on any atom is -0.449 e. The highest BCUT2D eigenvalue weighted by atomic mass is 16.6. The third-order valence-corrected chi connectivity index (χ3v) is 9.32. The fourth-order valence-corrected chi connectivity index (χ4v) is 6.60. The molecule has 0 aromatic heterocycles. The molecule has 2 amide bonds. The molecule has 2 saturated carbocycles. The summed E-state index contributed by atoms with van der Waals surface area (Å²) < 4.78 is 28.6. The van der Waals surface area contributed by atoms with Crippen LogP contribution in [0.15, 0.2) is 0 Å². The number of amides is 2. The number of rotatable bonds is 17. The Kier molecular flexibility index (Phi) is 13.1. The van der Waals surface area contributed by atoms with Gasteiger partial charge >= 0.3 is 12.2 Å². The highest BCUT2D eigenvalue weighted by Crippen LogP contribution is 2.53. The lowest BCUT2D eigenvalue weighted by Crippen LogP contribution is -2.38. The average molecular weight is 615 g/mol. The normalized spacial score (nSPS) is 27.2. The molecule has 4 aliphatic carbocycles. The summed E-state index contributed by atoms with van der Waals surface area (Å²) in [4.78, 5) is 24.2. The van der Waals surface area contributed by atoms with E-state index in [0.717, 1.165) is 51.4 Å². The molecule has 44 heavy (non-hydrogen) atoms. The maximum atomic E-state index is 12.1. The number of carbonyl (C=O) groups is 2. The van der Waals surface area contributed by atoms with Crippen molar-refractivity contribution in [2.75, 3.05) is 59.3 Å². The van der Waals surface area contributed by atoms with Gasteiger partial charge in [0.15, 0.2) is 0 Å². The fourth-order valence-electron chi connectivity index (χ4n) is 6.60. The first-order valence-corrected chi connectivity index (χ1v) is 16.7. The second-order valence-electron chi connectivity index (χ2n) is 14.2. The van der Waals surface area contributed by atoms with E-state index in [-0.39, 0.29) is 17.6 Å². The number of alkyl carbamates (subject to hydrolysis) is 2. The van der Waals surface area contributed by atoms with Crippen molar-refractivity contribution in [3.63, 3.8) is 0 Å². The van der Waals surface area contributed by atoms with Gasteiger partial charge in [0, 0.05) is 44.2 Å². The Morgan fingerprint density at radius 1 is 0.636 bits per heavy atom. The highest BCUT2D eigenvalue weighted by molar-refractivity contribution is 5.67. The van der Waals surface area contributed by atoms with Gasteiger partial charge in [-0.15, -0.1) is 23.7 Å². The third-order valence-electron chi connectivity index (χ3n) is 9.32. The minimum absolute atomic E-state index is 0.211. The Bertz CT molecular complexity index is 948. The summed E-state index contributed by atoms with van der Waals surface area (Å²) in [5.74, 6) is 16.5. The van der Waals surface area contributed by atoms with Crippen LogP contribution in [0.1, 0.15) is 79.1 Å². The molecule has 0 heterocycles. The molecule has 9 nitrogen and oxygen atoms in total. The van der Waals surface area contributed by atoms with Crippen LogP contribution >= 0.6 is 0 Å². The van der Waals surface area contributed by atoms with Gasteiger partial charge in [-0.3, -0.25) is 0 Å². The first-order valence-electron chi connectivity index (χ1n) is 16.7. The van der Waals surface area contributed by atoms with Crippen molar-refractivity contribution in [3.8, 4) is 23.7 Å². The Morgan fingerprint density at radius 2 is 1.05 bits per heavy atom. The van der Waals surface area contributed by atoms with E-state index in [4.69, 9.17) is 23.7 Å². The van der Waals surface area contributed by atoms with Gasteiger partial charge in [-0.1, -0.05) is 13.8 Å². The zero-order chi connectivity index (χ0) is 31.4. The molecule has 0 aromatic rings. The van der Waals surface area contributed by atoms with Crippen molar-refractivity contribution in [1.29, 1.82) is 0 Å². The molecule has 0 radical (unpaired) electrons. The van der Waals surface area contributed by atoms with E-state index in [1.54, 1.807) is 0 Å². The lowest BCUT2D eigenvalue weighted by atomic mass is 9.96. The Hall–Kier alpha value is -2.46. The molecule has 2 fully saturated rings. The summed E-state index contributed by atoms with van der Waals surface area (Å²) >= 11 is 0. The molecular formula is C35H54N2O7. The number of fused-ring (bicyclic) bond motifs is 2. The molecule has 6 atom stereocenters. The van der Waals surface area contributed by atoms with Crippen LogP contribution in [0.5, 0.6) is 0 Å². The largest absolute Gasteiger partial charge is 0.449 e. The maximum Gasteiger partial charge on any atom is 0.407 e. The SMILES string of the molecule is CC(C)(COCCNC(=O)OCC1[C@H]2CCC#CCC[C@@H]12)COC(C)(C)COCCNC(=O)OCC1[C@H]2CCC#CCC[C@@H]12. The van der Waals surface area contributed by atoms with Gasteiger partial charge in [0.25, 0.3) is 0 Å². The van der Waals surface area contributed by atoms with E-state index in [2.05, 4.69) is 48.2 Å². The first-order chi connectivity index (χ1) is 21.2. The van der Waals surface area contributed by atoms with Crippen LogP contribution in [0.4, 0.5) is 9.59 Å². The zero-order valence-electron chi connectivity index (χ0n) is 27.3. The molecule has 4 rings (SSSR count). The van der Waals surface area contributed by atoms with Crippen molar-refractivity contribution in [3.05, 3.63) is 0 Å². The smallest absolute Gasteiger partial charge is 0.407 e. The molecule has 0 spiro atoms. The number of hydrogen-bond donors (Lipinski definition) is 2. The number of hydrogen-bond acceptors (Lipinski definition) is 7. The molecule has 2 unspecified atom stereocenters. The van der Waals surface area contributed by atoms with Gasteiger partial charge in [0.1, 0.15) is 0 Å². The monoisotopic (exact) mass is 614 g/mol. The summed E-state index contributed by atoms with van der Waals surface area (Å²) in [5.41, 5.74) is -0.701. The number of nitrogens with one attached hydrogen (secondary N) is 2. The van der Waals surface area contributed by atoms with Crippen molar-refractivity contribution < 1.29 is 33.3 Å². The van der Waals surface area contributed by atoms with Gasteiger partial charge in [0.2, 0.25) is 0 Å². The van der Waals surface area contributed by atoms with E-state index in [9.17, 15) is 9.59 Å². The van der Waals surface area contributed by atoms with Crippen LogP contribution in [-0.4, -0.2) is 77.1 Å². The molecular weight excluding hydrogens is 560 g/mol. The van der Waals surface area contributed by atoms with Crippen LogP contribution < -0.4 is 10.6 Å². The second kappa shape index (κ2) is 16.7. The molecule has 0 bridgehead atoms. The summed E-state index contributed by atoms with van der Waals surface area (Å²) in [6.07, 6.45) is 7.57. The predicted octanol–water partition coefficient (Wildman–Crippen LogP) is 5.17. The van der Waals surface area contributed by atoms with Crippen LogP contribution in [-0.2, 0) is 23.7 Å². The van der Waals surface area contributed by atoms with Gasteiger partial charge < -0.3 is 34.3 Å². The summed E-state index contributed by atoms with van der Waals surface area (Å²) in [6.45, 7) is 12.1. The van der Waals surface area contributed by atoms with E-state index in [1.165, 1.54) is 0 Å². The second-order valence-corrected chi connectivity index (χ2v) is 14.2. The summed E-state index contributed by atoms with van der Waals surface area (Å²) in [6, 6.07) is 0. The minimum atomic E-state index is -0.489. The lowest BCUT2D eigenvalue weighted by molar-refractivity contribution is -0.108. The van der Waals surface area contributed by atoms with Crippen LogP contribution in [0.3, 0.4) is 0 Å². The quantitative estimate of drug-likeness (QED) is 0.172. The molecule has 246 valence electrons. The van der Waals surface area contributed by atoms with Gasteiger partial charge in [-0.25, -0.2) is 9.59 Å². The predicted molar refractivity (Wildman–Crippen MR) is 168 cm³/mol. The van der Waals surface area contributed by atoms with Crippen molar-refractivity contribution in [1.82, 2.24) is 10.6 Å². The molecule has 0 saturated heterocycles. The Morgan fingerprint density at radius 3 is 1.48 bits per heavy atom. The topological polar surface area (TPSA) is 104 Å². The van der Waals surface area contributed by atoms with E-state index < -0.39 is 5.60 Å². The van der Waals surface area contributed by atoms with Crippen molar-refractivity contribution in [2.45, 2.75) is 84.7 Å². The van der Waals surface area contributed by atoms with Gasteiger partial charge in [-0.05, 0) is 75.0 Å². The van der Waals surface area contributed by atoms with Crippen LogP contribution in [0, 0.1) is 64.6 Å². The summed E-state index contributed by atoms with van der Waals surface area (Å²) in [5, 5.41) is 5.56. The van der Waals surface area contributed by atoms with Crippen molar-refractivity contribution >= 4 is 12.2 Å². The molecule has 2 N–H and O–H groups in total.